The monoisotopic (exact) mass is 474 g/mol. The molecule has 0 saturated heterocycles. The van der Waals surface area contributed by atoms with E-state index in [-0.39, 0.29) is 47.8 Å². The average molecular weight is 475 g/mol. The molecule has 8 atom stereocenters. The van der Waals surface area contributed by atoms with Crippen LogP contribution in [0.1, 0.15) is 71.6 Å². The molecular weight excluding hydrogens is 432 g/mol. The lowest BCUT2D eigenvalue weighted by atomic mass is 9.43. The van der Waals surface area contributed by atoms with Crippen LogP contribution in [0.15, 0.2) is 11.6 Å². The molecule has 190 valence electrons. The van der Waals surface area contributed by atoms with Crippen molar-refractivity contribution in [1.82, 2.24) is 10.6 Å². The first kappa shape index (κ1) is 24.3. The van der Waals surface area contributed by atoms with E-state index in [1.807, 2.05) is 0 Å². The molecule has 0 aromatic heterocycles. The fourth-order valence-electron chi connectivity index (χ4n) is 9.10. The van der Waals surface area contributed by atoms with Crippen LogP contribution in [0.5, 0.6) is 0 Å². The second-order valence-corrected chi connectivity index (χ2v) is 12.2. The normalized spacial score (nSPS) is 45.6. The second kappa shape index (κ2) is 8.90. The molecule has 34 heavy (non-hydrogen) atoms. The number of hydrogen-bond acceptors (Lipinski definition) is 6. The predicted octanol–water partition coefficient (Wildman–Crippen LogP) is 2.31. The second-order valence-electron chi connectivity index (χ2n) is 12.2. The van der Waals surface area contributed by atoms with E-state index in [4.69, 9.17) is 9.84 Å². The van der Waals surface area contributed by atoms with Gasteiger partial charge in [-0.1, -0.05) is 13.8 Å². The highest BCUT2D eigenvalue weighted by Gasteiger charge is 2.67. The number of esters is 1. The molecule has 7 nitrogen and oxygen atoms in total. The van der Waals surface area contributed by atoms with Crippen molar-refractivity contribution in [2.75, 3.05) is 26.3 Å². The molecule has 1 amide bonds. The fraction of sp³-hybridized carbons (Fsp3) is 0.852. The Kier molecular flexibility index (Phi) is 6.35. The number of amides is 1. The van der Waals surface area contributed by atoms with E-state index in [1.165, 1.54) is 0 Å². The smallest absolute Gasteiger partial charge is 0.331 e. The van der Waals surface area contributed by atoms with Crippen molar-refractivity contribution in [3.63, 3.8) is 0 Å². The molecule has 0 radical (unpaired) electrons. The third kappa shape index (κ3) is 3.73. The van der Waals surface area contributed by atoms with Gasteiger partial charge in [0.1, 0.15) is 6.61 Å². The zero-order chi connectivity index (χ0) is 24.1. The summed E-state index contributed by atoms with van der Waals surface area (Å²) < 4.78 is 5.24. The van der Waals surface area contributed by atoms with Crippen LogP contribution in [0.4, 0.5) is 0 Å². The number of nitrogens with one attached hydrogen (secondary N) is 2. The lowest BCUT2D eigenvalue weighted by Gasteiger charge is -2.64. The molecule has 0 bridgehead atoms. The summed E-state index contributed by atoms with van der Waals surface area (Å²) in [7, 11) is 0. The average Bonchev–Trinajstić information content (AvgIpc) is 3.34. The quantitative estimate of drug-likeness (QED) is 0.348. The fourth-order valence-corrected chi connectivity index (χ4v) is 9.10. The molecule has 5 aliphatic rings. The third-order valence-corrected chi connectivity index (χ3v) is 10.9. The van der Waals surface area contributed by atoms with Gasteiger partial charge in [-0.05, 0) is 92.4 Å². The molecule has 0 spiro atoms. The summed E-state index contributed by atoms with van der Waals surface area (Å²) in [5, 5.41) is 27.4. The van der Waals surface area contributed by atoms with E-state index in [0.29, 0.717) is 30.9 Å². The van der Waals surface area contributed by atoms with Crippen LogP contribution in [0, 0.1) is 34.5 Å². The molecular formula is C27H42N2O5. The molecule has 1 aliphatic heterocycles. The maximum Gasteiger partial charge on any atom is 0.331 e. The Hall–Kier alpha value is -1.44. The van der Waals surface area contributed by atoms with Gasteiger partial charge < -0.3 is 25.6 Å². The maximum absolute atomic E-state index is 12.3. The van der Waals surface area contributed by atoms with Gasteiger partial charge in [-0.15, -0.1) is 0 Å². The maximum atomic E-state index is 12.3. The first-order valence-electron chi connectivity index (χ1n) is 13.4. The van der Waals surface area contributed by atoms with Gasteiger partial charge >= 0.3 is 5.97 Å². The zero-order valence-electron chi connectivity index (χ0n) is 20.8. The summed E-state index contributed by atoms with van der Waals surface area (Å²) in [6, 6.07) is 0.220. The largest absolute Gasteiger partial charge is 0.458 e. The van der Waals surface area contributed by atoms with Crippen LogP contribution in [0.2, 0.25) is 0 Å². The number of aliphatic hydroxyl groups is 2. The summed E-state index contributed by atoms with van der Waals surface area (Å²) in [5.74, 6) is 1.42. The Balaban J connectivity index is 1.28. The molecule has 1 heterocycles. The molecule has 7 heteroatoms. The molecule has 0 aromatic rings. The Bertz CT molecular complexity index is 860. The minimum atomic E-state index is -0.676. The Labute approximate surface area is 203 Å². The predicted molar refractivity (Wildman–Crippen MR) is 128 cm³/mol. The minimum Gasteiger partial charge on any atom is -0.458 e. The van der Waals surface area contributed by atoms with Gasteiger partial charge in [0.15, 0.2) is 0 Å². The highest BCUT2D eigenvalue weighted by atomic mass is 16.5. The van der Waals surface area contributed by atoms with Crippen molar-refractivity contribution < 1.29 is 24.5 Å². The standard InChI is InChI=1S/C27H42N2O5/c1-25-8-5-19(29-23(31)15-28-11-12-30)14-18(25)3-4-22-21(25)6-9-26(2)20(7-10-27(22,26)33)17-13-24(32)34-16-17/h13,18-22,28,30,33H,3-12,14-16H2,1-2H3,(H,29,31)/t18-,19+,20-,21+,22-,25+,26-,27+/m1/s1. The van der Waals surface area contributed by atoms with Crippen LogP contribution in [-0.2, 0) is 14.3 Å². The summed E-state index contributed by atoms with van der Waals surface area (Å²) in [5.41, 5.74) is 0.431. The highest BCUT2D eigenvalue weighted by Crippen LogP contribution is 2.69. The Morgan fingerprint density at radius 1 is 1.12 bits per heavy atom. The van der Waals surface area contributed by atoms with Crippen molar-refractivity contribution >= 4 is 11.9 Å². The van der Waals surface area contributed by atoms with Crippen molar-refractivity contribution in [1.29, 1.82) is 0 Å². The lowest BCUT2D eigenvalue weighted by molar-refractivity contribution is -0.205. The number of rotatable bonds is 6. The van der Waals surface area contributed by atoms with Gasteiger partial charge in [-0.25, -0.2) is 4.79 Å². The van der Waals surface area contributed by atoms with Crippen LogP contribution in [-0.4, -0.2) is 60.0 Å². The van der Waals surface area contributed by atoms with E-state index in [2.05, 4.69) is 24.5 Å². The highest BCUT2D eigenvalue weighted by molar-refractivity contribution is 5.85. The number of aliphatic hydroxyl groups excluding tert-OH is 1. The minimum absolute atomic E-state index is 0.0131. The Morgan fingerprint density at radius 2 is 1.94 bits per heavy atom. The summed E-state index contributed by atoms with van der Waals surface area (Å²) in [6.07, 6.45) is 10.9. The van der Waals surface area contributed by atoms with E-state index in [1.54, 1.807) is 6.08 Å². The molecule has 4 N–H and O–H groups in total. The van der Waals surface area contributed by atoms with Crippen LogP contribution in [0.3, 0.4) is 0 Å². The van der Waals surface area contributed by atoms with Gasteiger partial charge in [0.2, 0.25) is 5.91 Å². The first-order chi connectivity index (χ1) is 16.2. The first-order valence-corrected chi connectivity index (χ1v) is 13.4. The molecule has 5 rings (SSSR count). The van der Waals surface area contributed by atoms with E-state index in [0.717, 1.165) is 63.4 Å². The van der Waals surface area contributed by atoms with Gasteiger partial charge in [0, 0.05) is 24.1 Å². The molecule has 0 aromatic carbocycles. The van der Waals surface area contributed by atoms with E-state index in [9.17, 15) is 14.7 Å². The van der Waals surface area contributed by atoms with Crippen LogP contribution < -0.4 is 10.6 Å². The molecule has 4 aliphatic carbocycles. The third-order valence-electron chi connectivity index (χ3n) is 10.9. The summed E-state index contributed by atoms with van der Waals surface area (Å²) in [4.78, 5) is 24.0. The number of ether oxygens (including phenoxy) is 1. The number of carbonyl (C=O) groups excluding carboxylic acids is 2. The molecule has 4 saturated carbocycles. The summed E-state index contributed by atoms with van der Waals surface area (Å²) in [6.45, 7) is 5.85. The van der Waals surface area contributed by atoms with Crippen LogP contribution in [0.25, 0.3) is 0 Å². The summed E-state index contributed by atoms with van der Waals surface area (Å²) >= 11 is 0. The zero-order valence-corrected chi connectivity index (χ0v) is 20.8. The van der Waals surface area contributed by atoms with Gasteiger partial charge in [-0.3, -0.25) is 4.79 Å². The van der Waals surface area contributed by atoms with Crippen LogP contribution >= 0.6 is 0 Å². The Morgan fingerprint density at radius 3 is 2.68 bits per heavy atom. The van der Waals surface area contributed by atoms with E-state index < -0.39 is 5.60 Å². The van der Waals surface area contributed by atoms with Gasteiger partial charge in [0.05, 0.1) is 18.8 Å². The molecule has 0 unspecified atom stereocenters. The lowest BCUT2D eigenvalue weighted by Crippen LogP contribution is -2.62. The number of hydrogen-bond donors (Lipinski definition) is 4. The van der Waals surface area contributed by atoms with Crippen molar-refractivity contribution in [2.45, 2.75) is 83.3 Å². The number of fused-ring (bicyclic) bond motifs is 5. The number of cyclic esters (lactones) is 1. The van der Waals surface area contributed by atoms with Gasteiger partial charge in [0.25, 0.3) is 0 Å². The van der Waals surface area contributed by atoms with Crippen molar-refractivity contribution in [2.24, 2.45) is 34.5 Å². The molecule has 4 fully saturated rings. The van der Waals surface area contributed by atoms with Crippen molar-refractivity contribution in [3.05, 3.63) is 11.6 Å². The number of carbonyl (C=O) groups is 2. The van der Waals surface area contributed by atoms with E-state index >= 15 is 0 Å². The topological polar surface area (TPSA) is 108 Å². The van der Waals surface area contributed by atoms with Crippen molar-refractivity contribution in [3.8, 4) is 0 Å². The SMILES string of the molecule is C[C@]12CC[C@H](NC(=O)CNCCO)C[C@H]1CC[C@@H]1[C@@H]2CC[C@]2(C)[C@@H](C3=CC(=O)OC3)CC[C@]12O. The van der Waals surface area contributed by atoms with Gasteiger partial charge in [-0.2, -0.15) is 0 Å².